The largest absolute Gasteiger partial charge is 0.331 e. The molecular formula is C30H35N5O5S2. The summed E-state index contributed by atoms with van der Waals surface area (Å²) in [6, 6.07) is 12.8. The normalized spacial score (nSPS) is 15.0. The minimum Gasteiger partial charge on any atom is -0.331 e. The molecular weight excluding hydrogens is 574 g/mol. The van der Waals surface area contributed by atoms with Crippen molar-refractivity contribution < 1.29 is 22.8 Å². The fourth-order valence-corrected chi connectivity index (χ4v) is 8.22. The van der Waals surface area contributed by atoms with E-state index in [0.29, 0.717) is 35.8 Å². The third kappa shape index (κ3) is 5.92. The molecule has 2 aliphatic heterocycles. The van der Waals surface area contributed by atoms with Crippen LogP contribution >= 0.6 is 11.3 Å². The zero-order valence-electron chi connectivity index (χ0n) is 24.0. The number of nitrogens with one attached hydrogen (secondary N) is 2. The van der Waals surface area contributed by atoms with Crippen LogP contribution in [0.25, 0.3) is 0 Å². The molecule has 0 radical (unpaired) electrons. The number of hydrogen-bond acceptors (Lipinski definition) is 7. The van der Waals surface area contributed by atoms with Gasteiger partial charge in [0.1, 0.15) is 5.00 Å². The Balaban J connectivity index is 1.39. The highest BCUT2D eigenvalue weighted by atomic mass is 32.2. The monoisotopic (exact) mass is 609 g/mol. The number of amides is 4. The van der Waals surface area contributed by atoms with Gasteiger partial charge in [-0.3, -0.25) is 24.1 Å². The smallest absolute Gasteiger partial charge is 0.323 e. The van der Waals surface area contributed by atoms with Gasteiger partial charge in [-0.1, -0.05) is 25.1 Å². The first-order chi connectivity index (χ1) is 20.1. The summed E-state index contributed by atoms with van der Waals surface area (Å²) in [5.41, 5.74) is 3.07. The van der Waals surface area contributed by atoms with E-state index in [0.717, 1.165) is 48.4 Å². The van der Waals surface area contributed by atoms with Gasteiger partial charge in [-0.2, -0.15) is 0 Å². The number of fused-ring (bicyclic) bond motifs is 2. The Morgan fingerprint density at radius 3 is 2.43 bits per heavy atom. The summed E-state index contributed by atoms with van der Waals surface area (Å²) in [4.78, 5) is 43.5. The molecule has 2 aliphatic rings. The van der Waals surface area contributed by atoms with E-state index in [2.05, 4.69) is 22.5 Å². The van der Waals surface area contributed by atoms with Crippen molar-refractivity contribution in [2.75, 3.05) is 43.4 Å². The van der Waals surface area contributed by atoms with E-state index in [1.807, 2.05) is 24.3 Å². The fraction of sp³-hybridized carbons (Fsp3) is 0.367. The van der Waals surface area contributed by atoms with Gasteiger partial charge >= 0.3 is 6.03 Å². The van der Waals surface area contributed by atoms with E-state index in [-0.39, 0.29) is 10.5 Å². The summed E-state index contributed by atoms with van der Waals surface area (Å²) >= 11 is 1.34. The molecule has 0 saturated heterocycles. The van der Waals surface area contributed by atoms with Crippen molar-refractivity contribution in [1.82, 2.24) is 15.1 Å². The van der Waals surface area contributed by atoms with Crippen molar-refractivity contribution >= 4 is 49.9 Å². The Morgan fingerprint density at radius 1 is 0.976 bits per heavy atom. The number of anilines is 2. The van der Waals surface area contributed by atoms with Crippen molar-refractivity contribution in [3.8, 4) is 0 Å². The van der Waals surface area contributed by atoms with Crippen molar-refractivity contribution in [2.24, 2.45) is 0 Å². The van der Waals surface area contributed by atoms with E-state index in [4.69, 9.17) is 0 Å². The summed E-state index contributed by atoms with van der Waals surface area (Å²) in [5, 5.41) is 5.64. The van der Waals surface area contributed by atoms with Crippen LogP contribution in [0.3, 0.4) is 0 Å². The van der Waals surface area contributed by atoms with Crippen LogP contribution in [0.15, 0.2) is 53.4 Å². The van der Waals surface area contributed by atoms with Gasteiger partial charge in [0.2, 0.25) is 0 Å². The molecule has 3 heterocycles. The summed E-state index contributed by atoms with van der Waals surface area (Å²) in [7, 11) is -0.722. The van der Waals surface area contributed by atoms with E-state index >= 15 is 0 Å². The number of urea groups is 1. The first-order valence-corrected chi connectivity index (χ1v) is 16.3. The first kappa shape index (κ1) is 29.7. The molecule has 0 saturated carbocycles. The van der Waals surface area contributed by atoms with Crippen LogP contribution in [0.5, 0.6) is 0 Å². The zero-order valence-corrected chi connectivity index (χ0v) is 25.6. The van der Waals surface area contributed by atoms with Crippen molar-refractivity contribution in [3.63, 3.8) is 0 Å². The van der Waals surface area contributed by atoms with Gasteiger partial charge in [0, 0.05) is 44.2 Å². The lowest BCUT2D eigenvalue weighted by atomic mass is 10.0. The maximum Gasteiger partial charge on any atom is 0.323 e. The Kier molecular flexibility index (Phi) is 8.67. The number of nitrogens with zero attached hydrogens (tertiary/aromatic N) is 3. The molecule has 0 aliphatic carbocycles. The quantitative estimate of drug-likeness (QED) is 0.412. The molecule has 12 heteroatoms. The molecule has 5 rings (SSSR count). The van der Waals surface area contributed by atoms with Gasteiger partial charge < -0.3 is 10.2 Å². The third-order valence-electron chi connectivity index (χ3n) is 7.53. The maximum atomic E-state index is 13.5. The first-order valence-electron chi connectivity index (χ1n) is 14.0. The van der Waals surface area contributed by atoms with Crippen LogP contribution in [0.1, 0.15) is 56.5 Å². The number of thiophene rings is 1. The summed E-state index contributed by atoms with van der Waals surface area (Å²) in [6.07, 6.45) is 3.19. The van der Waals surface area contributed by atoms with Gasteiger partial charge in [0.25, 0.3) is 21.8 Å². The summed E-state index contributed by atoms with van der Waals surface area (Å²) in [6.45, 7) is 4.88. The van der Waals surface area contributed by atoms with E-state index in [1.165, 1.54) is 44.8 Å². The molecule has 2 aromatic carbocycles. The minimum absolute atomic E-state index is 0.0978. The highest BCUT2D eigenvalue weighted by Crippen LogP contribution is 2.38. The second-order valence-electron chi connectivity index (χ2n) is 10.7. The molecule has 2 N–H and O–H groups in total. The predicted molar refractivity (Wildman–Crippen MR) is 164 cm³/mol. The van der Waals surface area contributed by atoms with Crippen LogP contribution in [0.2, 0.25) is 0 Å². The lowest BCUT2D eigenvalue weighted by molar-refractivity contribution is 0.0956. The number of para-hydroxylation sites is 1. The van der Waals surface area contributed by atoms with Gasteiger partial charge in [-0.25, -0.2) is 13.2 Å². The SMILES string of the molecule is CCCN1CCc2c(sc(NC(=O)c3ccc(S(=O)(=O)N4CCCc5ccccc54)cc3)c2C(=O)NC(=O)N(C)C)C1. The Hall–Kier alpha value is -3.74. The average molecular weight is 610 g/mol. The highest BCUT2D eigenvalue weighted by molar-refractivity contribution is 7.92. The Labute approximate surface area is 250 Å². The Bertz CT molecular complexity index is 1620. The molecule has 4 amide bonds. The van der Waals surface area contributed by atoms with Gasteiger partial charge in [-0.15, -0.1) is 11.3 Å². The zero-order chi connectivity index (χ0) is 30.0. The molecule has 0 atom stereocenters. The molecule has 3 aromatic rings. The minimum atomic E-state index is -3.82. The molecule has 1 aromatic heterocycles. The van der Waals surface area contributed by atoms with Gasteiger partial charge in [0.05, 0.1) is 16.1 Å². The third-order valence-corrected chi connectivity index (χ3v) is 10.5. The number of sulfonamides is 1. The number of hydrogen-bond donors (Lipinski definition) is 2. The number of carbonyl (C=O) groups is 3. The lowest BCUT2D eigenvalue weighted by Gasteiger charge is -2.30. The summed E-state index contributed by atoms with van der Waals surface area (Å²) < 4.78 is 28.5. The predicted octanol–water partition coefficient (Wildman–Crippen LogP) is 4.32. The number of rotatable bonds is 7. The molecule has 0 unspecified atom stereocenters. The lowest BCUT2D eigenvalue weighted by Crippen LogP contribution is -2.39. The van der Waals surface area contributed by atoms with Crippen molar-refractivity contribution in [2.45, 2.75) is 44.0 Å². The number of imide groups is 1. The molecule has 10 nitrogen and oxygen atoms in total. The highest BCUT2D eigenvalue weighted by Gasteiger charge is 2.31. The van der Waals surface area contributed by atoms with E-state index in [9.17, 15) is 22.8 Å². The van der Waals surface area contributed by atoms with Crippen LogP contribution in [-0.4, -0.2) is 69.8 Å². The number of carbonyl (C=O) groups excluding carboxylic acids is 3. The number of aryl methyl sites for hydroxylation is 1. The molecule has 42 heavy (non-hydrogen) atoms. The molecule has 222 valence electrons. The van der Waals surface area contributed by atoms with Crippen molar-refractivity contribution in [1.29, 1.82) is 0 Å². The number of benzene rings is 2. The second-order valence-corrected chi connectivity index (χ2v) is 13.6. The molecule has 0 fully saturated rings. The van der Waals surface area contributed by atoms with Crippen LogP contribution in [0, 0.1) is 0 Å². The fourth-order valence-electron chi connectivity index (χ4n) is 5.39. The van der Waals surface area contributed by atoms with Crippen LogP contribution in [0.4, 0.5) is 15.5 Å². The maximum absolute atomic E-state index is 13.5. The Morgan fingerprint density at radius 2 is 1.71 bits per heavy atom. The standard InChI is InChI=1S/C30H35N5O5S2/c1-4-16-34-18-15-23-25(19-34)41-29(26(23)28(37)32-30(38)33(2)3)31-27(36)21-11-13-22(14-12-21)42(39,40)35-17-7-9-20-8-5-6-10-24(20)35/h5-6,8,10-14H,4,7,9,15-19H2,1-3H3,(H,31,36)(H,32,37,38). The topological polar surface area (TPSA) is 119 Å². The average Bonchev–Trinajstić information content (AvgIpc) is 3.34. The van der Waals surface area contributed by atoms with Gasteiger partial charge in [0.15, 0.2) is 0 Å². The van der Waals surface area contributed by atoms with E-state index in [1.54, 1.807) is 14.1 Å². The van der Waals surface area contributed by atoms with Crippen molar-refractivity contribution in [3.05, 3.63) is 75.7 Å². The molecule has 0 bridgehead atoms. The van der Waals surface area contributed by atoms with Crippen LogP contribution in [-0.2, 0) is 29.4 Å². The second kappa shape index (κ2) is 12.2. The molecule has 0 spiro atoms. The van der Waals surface area contributed by atoms with E-state index < -0.39 is 27.9 Å². The van der Waals surface area contributed by atoms with Gasteiger partial charge in [-0.05, 0) is 73.7 Å². The van der Waals surface area contributed by atoms with Crippen LogP contribution < -0.4 is 14.9 Å². The summed E-state index contributed by atoms with van der Waals surface area (Å²) in [5.74, 6) is -1.03.